The summed E-state index contributed by atoms with van der Waals surface area (Å²) in [6, 6.07) is 10.2. The highest BCUT2D eigenvalue weighted by atomic mass is 35.5. The van der Waals surface area contributed by atoms with Crippen molar-refractivity contribution in [1.29, 1.82) is 0 Å². The van der Waals surface area contributed by atoms with Crippen molar-refractivity contribution >= 4 is 35.1 Å². The number of nitrogen functional groups attached to an aromatic ring is 2. The zero-order valence-electron chi connectivity index (χ0n) is 15.6. The minimum absolute atomic E-state index is 0.0149. The number of nitrogens with zero attached hydrogens (tertiary/aromatic N) is 3. The second-order valence-electron chi connectivity index (χ2n) is 5.30. The van der Waals surface area contributed by atoms with E-state index < -0.39 is 5.91 Å². The molecule has 0 radical (unpaired) electrons. The maximum atomic E-state index is 12.1. The number of carbonyl (C=O) groups is 1. The van der Waals surface area contributed by atoms with Crippen molar-refractivity contribution in [3.05, 3.63) is 46.7 Å². The molecule has 2 rings (SSSR count). The number of nitrogens with two attached hydrogens (primary N) is 3. The number of aliphatic imine (C=N–C) groups is 1. The fraction of sp³-hybridized carbons (Fsp3) is 0.333. The van der Waals surface area contributed by atoms with Gasteiger partial charge in [-0.2, -0.15) is 0 Å². The number of hydrogen-bond acceptors (Lipinski definition) is 6. The SMILES string of the molecule is CC.NC(=NCCCCc1ccccc1)NC(=O)c1nc(Cl)c(N)nc1N. The van der Waals surface area contributed by atoms with Crippen LogP contribution in [0.25, 0.3) is 0 Å². The van der Waals surface area contributed by atoms with Crippen LogP contribution in [0.4, 0.5) is 11.6 Å². The lowest BCUT2D eigenvalue weighted by molar-refractivity contribution is 0.0972. The van der Waals surface area contributed by atoms with Gasteiger partial charge in [-0.25, -0.2) is 9.97 Å². The lowest BCUT2D eigenvalue weighted by Gasteiger charge is -2.07. The number of anilines is 2. The molecular formula is C18H26ClN7O. The minimum Gasteiger partial charge on any atom is -0.382 e. The molecule has 0 aliphatic carbocycles. The minimum atomic E-state index is -0.641. The molecule has 1 aromatic carbocycles. The Morgan fingerprint density at radius 3 is 2.44 bits per heavy atom. The van der Waals surface area contributed by atoms with Crippen molar-refractivity contribution in [2.75, 3.05) is 18.0 Å². The molecule has 0 spiro atoms. The number of carbonyl (C=O) groups excluding carboxylic acids is 1. The molecule has 9 heteroatoms. The highest BCUT2D eigenvalue weighted by Gasteiger charge is 2.16. The maximum Gasteiger partial charge on any atom is 0.280 e. The van der Waals surface area contributed by atoms with Crippen LogP contribution in [-0.2, 0) is 6.42 Å². The predicted molar refractivity (Wildman–Crippen MR) is 111 cm³/mol. The summed E-state index contributed by atoms with van der Waals surface area (Å²) >= 11 is 5.74. The van der Waals surface area contributed by atoms with Gasteiger partial charge in [-0.3, -0.25) is 15.1 Å². The maximum absolute atomic E-state index is 12.1. The number of guanidine groups is 1. The first-order valence-corrected chi connectivity index (χ1v) is 9.09. The van der Waals surface area contributed by atoms with E-state index in [1.54, 1.807) is 0 Å². The van der Waals surface area contributed by atoms with E-state index in [1.807, 2.05) is 32.0 Å². The number of aromatic nitrogens is 2. The summed E-state index contributed by atoms with van der Waals surface area (Å²) in [5.74, 6) is -0.831. The molecule has 8 nitrogen and oxygen atoms in total. The second kappa shape index (κ2) is 11.7. The number of benzene rings is 1. The largest absolute Gasteiger partial charge is 0.382 e. The summed E-state index contributed by atoms with van der Waals surface area (Å²) in [7, 11) is 0. The van der Waals surface area contributed by atoms with Crippen LogP contribution in [0.3, 0.4) is 0 Å². The lowest BCUT2D eigenvalue weighted by Crippen LogP contribution is -2.38. The summed E-state index contributed by atoms with van der Waals surface area (Å²) in [6.45, 7) is 4.50. The van der Waals surface area contributed by atoms with Gasteiger partial charge in [-0.15, -0.1) is 0 Å². The number of amides is 1. The van der Waals surface area contributed by atoms with E-state index in [0.29, 0.717) is 6.54 Å². The number of nitrogens with one attached hydrogen (secondary N) is 1. The number of unbranched alkanes of at least 4 members (excludes halogenated alkanes) is 1. The van der Waals surface area contributed by atoms with Gasteiger partial charge < -0.3 is 17.2 Å². The van der Waals surface area contributed by atoms with Crippen LogP contribution >= 0.6 is 11.6 Å². The molecule has 1 amide bonds. The van der Waals surface area contributed by atoms with Gasteiger partial charge in [-0.1, -0.05) is 55.8 Å². The van der Waals surface area contributed by atoms with Crippen LogP contribution < -0.4 is 22.5 Å². The van der Waals surface area contributed by atoms with Crippen molar-refractivity contribution in [2.24, 2.45) is 10.7 Å². The Morgan fingerprint density at radius 1 is 1.11 bits per heavy atom. The highest BCUT2D eigenvalue weighted by Crippen LogP contribution is 2.17. The van der Waals surface area contributed by atoms with Crippen molar-refractivity contribution in [3.8, 4) is 0 Å². The Kier molecular flexibility index (Phi) is 9.60. The Labute approximate surface area is 164 Å². The Balaban J connectivity index is 0.00000176. The highest BCUT2D eigenvalue weighted by molar-refractivity contribution is 6.31. The third-order valence-corrected chi connectivity index (χ3v) is 3.64. The number of hydrogen-bond donors (Lipinski definition) is 4. The average molecular weight is 392 g/mol. The van der Waals surface area contributed by atoms with E-state index in [1.165, 1.54) is 5.56 Å². The van der Waals surface area contributed by atoms with Gasteiger partial charge in [0.2, 0.25) is 0 Å². The lowest BCUT2D eigenvalue weighted by atomic mass is 10.1. The monoisotopic (exact) mass is 391 g/mol. The summed E-state index contributed by atoms with van der Waals surface area (Å²) in [5, 5.41) is 2.30. The summed E-state index contributed by atoms with van der Waals surface area (Å²) in [4.78, 5) is 23.7. The standard InChI is InChI=1S/C16H20ClN7O.C2H6/c17-12-14(19)23-13(18)11(22-12)15(25)24-16(20)21-9-5-4-8-10-6-2-1-3-7-10;1-2/h1-3,6-7H,4-5,8-9H2,(H4,18,19,23)(H3,20,21,24,25);1-2H3. The third-order valence-electron chi connectivity index (χ3n) is 3.36. The number of halogens is 1. The molecule has 7 N–H and O–H groups in total. The third kappa shape index (κ3) is 7.49. The molecule has 27 heavy (non-hydrogen) atoms. The summed E-state index contributed by atoms with van der Waals surface area (Å²) in [6.07, 6.45) is 2.79. The van der Waals surface area contributed by atoms with Gasteiger partial charge >= 0.3 is 0 Å². The summed E-state index contributed by atoms with van der Waals surface area (Å²) < 4.78 is 0. The van der Waals surface area contributed by atoms with Gasteiger partial charge in [0.25, 0.3) is 5.91 Å². The van der Waals surface area contributed by atoms with E-state index in [-0.39, 0.29) is 28.4 Å². The van der Waals surface area contributed by atoms with Crippen molar-refractivity contribution in [3.63, 3.8) is 0 Å². The molecule has 2 aromatic rings. The average Bonchev–Trinajstić information content (AvgIpc) is 2.66. The quantitative estimate of drug-likeness (QED) is 0.338. The van der Waals surface area contributed by atoms with Crippen LogP contribution in [-0.4, -0.2) is 28.4 Å². The molecule has 0 saturated heterocycles. The Morgan fingerprint density at radius 2 is 1.78 bits per heavy atom. The normalized spacial score (nSPS) is 10.7. The molecule has 0 atom stereocenters. The van der Waals surface area contributed by atoms with Gasteiger partial charge in [0, 0.05) is 6.54 Å². The molecule has 0 unspecified atom stereocenters. The van der Waals surface area contributed by atoms with Gasteiger partial charge in [0.15, 0.2) is 28.4 Å². The van der Waals surface area contributed by atoms with E-state index in [9.17, 15) is 4.79 Å². The Hall–Kier alpha value is -2.87. The number of rotatable bonds is 6. The van der Waals surface area contributed by atoms with Crippen LogP contribution in [0.15, 0.2) is 35.3 Å². The molecule has 0 saturated carbocycles. The zero-order chi connectivity index (χ0) is 20.2. The first-order chi connectivity index (χ1) is 13.0. The first kappa shape index (κ1) is 22.2. The van der Waals surface area contributed by atoms with Gasteiger partial charge in [0.05, 0.1) is 0 Å². The predicted octanol–water partition coefficient (Wildman–Crippen LogP) is 2.39. The van der Waals surface area contributed by atoms with E-state index in [0.717, 1.165) is 19.3 Å². The molecule has 146 valence electrons. The van der Waals surface area contributed by atoms with Crippen LogP contribution in [0, 0.1) is 0 Å². The molecule has 0 bridgehead atoms. The molecule has 0 fully saturated rings. The topological polar surface area (TPSA) is 145 Å². The van der Waals surface area contributed by atoms with Gasteiger partial charge in [0.1, 0.15) is 0 Å². The molecule has 0 aliphatic heterocycles. The Bertz CT molecular complexity index is 766. The van der Waals surface area contributed by atoms with Gasteiger partial charge in [-0.05, 0) is 24.8 Å². The van der Waals surface area contributed by atoms with Crippen molar-refractivity contribution < 1.29 is 4.79 Å². The van der Waals surface area contributed by atoms with E-state index in [4.69, 9.17) is 28.8 Å². The van der Waals surface area contributed by atoms with Crippen LogP contribution in [0.2, 0.25) is 5.15 Å². The van der Waals surface area contributed by atoms with Crippen molar-refractivity contribution in [2.45, 2.75) is 33.1 Å². The molecule has 1 aromatic heterocycles. The van der Waals surface area contributed by atoms with E-state index in [2.05, 4.69) is 32.4 Å². The van der Waals surface area contributed by atoms with Crippen LogP contribution in [0.5, 0.6) is 0 Å². The summed E-state index contributed by atoms with van der Waals surface area (Å²) in [5.41, 5.74) is 17.9. The first-order valence-electron chi connectivity index (χ1n) is 8.71. The fourth-order valence-corrected chi connectivity index (χ4v) is 2.24. The molecular weight excluding hydrogens is 366 g/mol. The smallest absolute Gasteiger partial charge is 0.280 e. The second-order valence-corrected chi connectivity index (χ2v) is 5.66. The fourth-order valence-electron chi connectivity index (χ4n) is 2.11. The van der Waals surface area contributed by atoms with Crippen molar-refractivity contribution in [1.82, 2.24) is 15.3 Å². The van der Waals surface area contributed by atoms with Crippen LogP contribution in [0.1, 0.15) is 42.7 Å². The zero-order valence-corrected chi connectivity index (χ0v) is 16.3. The number of aryl methyl sites for hydroxylation is 1. The molecule has 0 aliphatic rings. The van der Waals surface area contributed by atoms with E-state index >= 15 is 0 Å². The molecule has 1 heterocycles.